The fraction of sp³-hybridized carbons (Fsp3) is 0.158. The number of ether oxygens (including phenoxy) is 1. The molecule has 3 rings (SSSR count). The van der Waals surface area contributed by atoms with Crippen LogP contribution in [0.25, 0.3) is 11.0 Å². The molecule has 1 aromatic heterocycles. The van der Waals surface area contributed by atoms with Crippen LogP contribution in [0, 0.1) is 10.1 Å². The lowest BCUT2D eigenvalue weighted by molar-refractivity contribution is -0.384. The Morgan fingerprint density at radius 1 is 1.19 bits per heavy atom. The third kappa shape index (κ3) is 3.61. The lowest BCUT2D eigenvalue weighted by Gasteiger charge is -2.08. The first-order valence-electron chi connectivity index (χ1n) is 7.95. The van der Waals surface area contributed by atoms with Gasteiger partial charge in [0, 0.05) is 29.1 Å². The average molecular weight is 353 g/mol. The fourth-order valence-corrected chi connectivity index (χ4v) is 2.59. The highest BCUT2D eigenvalue weighted by molar-refractivity contribution is 5.90. The molecule has 0 unspecified atom stereocenters. The zero-order valence-corrected chi connectivity index (χ0v) is 13.9. The maximum absolute atomic E-state index is 12.2. The molecule has 26 heavy (non-hydrogen) atoms. The van der Waals surface area contributed by atoms with Gasteiger partial charge >= 0.3 is 11.6 Å². The summed E-state index contributed by atoms with van der Waals surface area (Å²) >= 11 is 0. The van der Waals surface area contributed by atoms with E-state index in [1.165, 1.54) is 24.3 Å². The van der Waals surface area contributed by atoms with Gasteiger partial charge in [0.15, 0.2) is 0 Å². The summed E-state index contributed by atoms with van der Waals surface area (Å²) in [6, 6.07) is 12.1. The molecule has 1 heterocycles. The van der Waals surface area contributed by atoms with Crippen LogP contribution >= 0.6 is 0 Å². The predicted octanol–water partition coefficient (Wildman–Crippen LogP) is 3.62. The lowest BCUT2D eigenvalue weighted by Crippen LogP contribution is -2.08. The molecule has 0 saturated carbocycles. The van der Waals surface area contributed by atoms with Gasteiger partial charge in [-0.15, -0.1) is 0 Å². The number of aryl methyl sites for hydroxylation is 1. The molecule has 2 aromatic carbocycles. The van der Waals surface area contributed by atoms with Crippen molar-refractivity contribution >= 4 is 22.6 Å². The van der Waals surface area contributed by atoms with Gasteiger partial charge in [-0.3, -0.25) is 10.1 Å². The normalized spacial score (nSPS) is 10.7. The van der Waals surface area contributed by atoms with E-state index in [1.807, 2.05) is 19.1 Å². The summed E-state index contributed by atoms with van der Waals surface area (Å²) in [4.78, 5) is 34.1. The van der Waals surface area contributed by atoms with E-state index >= 15 is 0 Å². The molecule has 0 atom stereocenters. The van der Waals surface area contributed by atoms with E-state index in [2.05, 4.69) is 0 Å². The van der Waals surface area contributed by atoms with Crippen LogP contribution in [-0.4, -0.2) is 10.9 Å². The standard InChI is InChI=1S/C19H15NO6/c1-2-12-6-7-16-14(10-18(21)26-17(16)8-12)11-25-19(22)13-4-3-5-15(9-13)20(23)24/h3-10H,2,11H2,1H3. The van der Waals surface area contributed by atoms with E-state index in [9.17, 15) is 19.7 Å². The SMILES string of the molecule is CCc1ccc2c(COC(=O)c3cccc([N+](=O)[O-])c3)cc(=O)oc2c1. The Balaban J connectivity index is 1.85. The van der Waals surface area contributed by atoms with Gasteiger partial charge in [0.1, 0.15) is 12.2 Å². The van der Waals surface area contributed by atoms with E-state index in [1.54, 1.807) is 6.07 Å². The summed E-state index contributed by atoms with van der Waals surface area (Å²) in [6.45, 7) is 1.85. The first-order valence-corrected chi connectivity index (χ1v) is 7.95. The number of benzene rings is 2. The van der Waals surface area contributed by atoms with Crippen molar-refractivity contribution in [1.29, 1.82) is 0 Å². The van der Waals surface area contributed by atoms with Crippen molar-refractivity contribution in [3.05, 3.63) is 85.8 Å². The largest absolute Gasteiger partial charge is 0.457 e. The highest BCUT2D eigenvalue weighted by atomic mass is 16.6. The molecule has 0 fully saturated rings. The number of carbonyl (C=O) groups excluding carboxylic acids is 1. The molecule has 3 aromatic rings. The summed E-state index contributed by atoms with van der Waals surface area (Å²) in [5.74, 6) is -0.708. The van der Waals surface area contributed by atoms with Gasteiger partial charge < -0.3 is 9.15 Å². The van der Waals surface area contributed by atoms with E-state index in [-0.39, 0.29) is 17.9 Å². The first-order chi connectivity index (χ1) is 12.5. The van der Waals surface area contributed by atoms with Gasteiger partial charge in [0.25, 0.3) is 5.69 Å². The Bertz CT molecular complexity index is 1050. The molecule has 0 saturated heterocycles. The molecule has 0 radical (unpaired) electrons. The molecule has 0 aliphatic heterocycles. The summed E-state index contributed by atoms with van der Waals surface area (Å²) < 4.78 is 10.4. The van der Waals surface area contributed by atoms with Crippen LogP contribution in [0.15, 0.2) is 57.7 Å². The van der Waals surface area contributed by atoms with Crippen molar-refractivity contribution in [2.75, 3.05) is 0 Å². The second-order valence-electron chi connectivity index (χ2n) is 5.66. The van der Waals surface area contributed by atoms with Crippen LogP contribution in [0.1, 0.15) is 28.4 Å². The number of nitro groups is 1. The number of nitro benzene ring substituents is 1. The van der Waals surface area contributed by atoms with Crippen molar-refractivity contribution in [2.24, 2.45) is 0 Å². The number of fused-ring (bicyclic) bond motifs is 1. The minimum absolute atomic E-state index is 0.0692. The van der Waals surface area contributed by atoms with E-state index in [0.29, 0.717) is 16.5 Å². The van der Waals surface area contributed by atoms with E-state index in [0.717, 1.165) is 18.1 Å². The topological polar surface area (TPSA) is 99.6 Å². The molecule has 0 amide bonds. The predicted molar refractivity (Wildman–Crippen MR) is 94.1 cm³/mol. The number of carbonyl (C=O) groups is 1. The van der Waals surface area contributed by atoms with Crippen molar-refractivity contribution < 1.29 is 18.9 Å². The summed E-state index contributed by atoms with van der Waals surface area (Å²) in [5, 5.41) is 11.5. The van der Waals surface area contributed by atoms with Crippen molar-refractivity contribution in [1.82, 2.24) is 0 Å². The molecule has 0 aliphatic carbocycles. The van der Waals surface area contributed by atoms with E-state index in [4.69, 9.17) is 9.15 Å². The Morgan fingerprint density at radius 3 is 2.73 bits per heavy atom. The van der Waals surface area contributed by atoms with Gasteiger partial charge in [-0.2, -0.15) is 0 Å². The Morgan fingerprint density at radius 2 is 2.00 bits per heavy atom. The number of esters is 1. The van der Waals surface area contributed by atoms with Gasteiger partial charge in [-0.05, 0) is 24.1 Å². The quantitative estimate of drug-likeness (QED) is 0.301. The fourth-order valence-electron chi connectivity index (χ4n) is 2.59. The highest BCUT2D eigenvalue weighted by Crippen LogP contribution is 2.21. The Kier molecular flexibility index (Phi) is 4.79. The molecule has 0 N–H and O–H groups in total. The van der Waals surface area contributed by atoms with Crippen LogP contribution in [0.5, 0.6) is 0 Å². The molecule has 0 aliphatic rings. The second-order valence-corrected chi connectivity index (χ2v) is 5.66. The minimum atomic E-state index is -0.708. The molecular weight excluding hydrogens is 338 g/mol. The van der Waals surface area contributed by atoms with Crippen LogP contribution < -0.4 is 5.63 Å². The summed E-state index contributed by atoms with van der Waals surface area (Å²) in [6.07, 6.45) is 0.797. The number of hydrogen-bond acceptors (Lipinski definition) is 6. The Hall–Kier alpha value is -3.48. The number of non-ortho nitro benzene ring substituents is 1. The van der Waals surface area contributed by atoms with Gasteiger partial charge in [-0.25, -0.2) is 9.59 Å². The lowest BCUT2D eigenvalue weighted by atomic mass is 10.1. The first kappa shape index (κ1) is 17.3. The third-order valence-corrected chi connectivity index (χ3v) is 3.95. The van der Waals surface area contributed by atoms with Gasteiger partial charge in [-0.1, -0.05) is 25.1 Å². The maximum atomic E-state index is 12.2. The zero-order valence-electron chi connectivity index (χ0n) is 13.9. The van der Waals surface area contributed by atoms with Crippen LogP contribution in [-0.2, 0) is 17.8 Å². The number of nitrogens with zero attached hydrogens (tertiary/aromatic N) is 1. The molecule has 0 bridgehead atoms. The molecule has 0 spiro atoms. The highest BCUT2D eigenvalue weighted by Gasteiger charge is 2.14. The molecule has 7 nitrogen and oxygen atoms in total. The van der Waals surface area contributed by atoms with Crippen molar-refractivity contribution in [3.8, 4) is 0 Å². The monoisotopic (exact) mass is 353 g/mol. The summed E-state index contributed by atoms with van der Waals surface area (Å²) in [7, 11) is 0. The zero-order chi connectivity index (χ0) is 18.7. The van der Waals surface area contributed by atoms with Crippen molar-refractivity contribution in [3.63, 3.8) is 0 Å². The smallest absolute Gasteiger partial charge is 0.338 e. The third-order valence-electron chi connectivity index (χ3n) is 3.95. The number of rotatable bonds is 5. The molecule has 132 valence electrons. The van der Waals surface area contributed by atoms with Crippen molar-refractivity contribution in [2.45, 2.75) is 20.0 Å². The van der Waals surface area contributed by atoms with Crippen LogP contribution in [0.4, 0.5) is 5.69 Å². The maximum Gasteiger partial charge on any atom is 0.338 e. The number of hydrogen-bond donors (Lipinski definition) is 0. The second kappa shape index (κ2) is 7.18. The minimum Gasteiger partial charge on any atom is -0.457 e. The molecular formula is C19H15NO6. The van der Waals surface area contributed by atoms with Gasteiger partial charge in [0.2, 0.25) is 0 Å². The molecule has 7 heteroatoms. The summed E-state index contributed by atoms with van der Waals surface area (Å²) in [5.41, 5.74) is 1.30. The average Bonchev–Trinajstić information content (AvgIpc) is 2.65. The van der Waals surface area contributed by atoms with Gasteiger partial charge in [0.05, 0.1) is 10.5 Å². The Labute approximate surface area is 148 Å². The van der Waals surface area contributed by atoms with E-state index < -0.39 is 16.5 Å². The van der Waals surface area contributed by atoms with Crippen LogP contribution in [0.3, 0.4) is 0 Å². The van der Waals surface area contributed by atoms with Crippen LogP contribution in [0.2, 0.25) is 0 Å².